The maximum absolute atomic E-state index is 11.1. The van der Waals surface area contributed by atoms with Gasteiger partial charge in [0.1, 0.15) is 5.82 Å². The zero-order chi connectivity index (χ0) is 10.7. The third-order valence-electron chi connectivity index (χ3n) is 1.93. The normalized spacial score (nSPS) is 9.93. The highest BCUT2D eigenvalue weighted by atomic mass is 16.1. The van der Waals surface area contributed by atoms with E-state index in [1.165, 1.54) is 0 Å². The van der Waals surface area contributed by atoms with Crippen LogP contribution in [0.25, 0.3) is 0 Å². The molecular formula is C11H11N3O. The molecule has 0 fully saturated rings. The fourth-order valence-corrected chi connectivity index (χ4v) is 1.31. The Labute approximate surface area is 87.0 Å². The molecule has 2 N–H and O–H groups in total. The van der Waals surface area contributed by atoms with Crippen LogP contribution in [0.3, 0.4) is 0 Å². The minimum atomic E-state index is -0.339. The van der Waals surface area contributed by atoms with Crippen LogP contribution in [0, 0.1) is 6.92 Å². The van der Waals surface area contributed by atoms with Gasteiger partial charge in [-0.25, -0.2) is 4.79 Å². The van der Waals surface area contributed by atoms with Crippen molar-refractivity contribution in [1.29, 1.82) is 0 Å². The zero-order valence-corrected chi connectivity index (χ0v) is 8.32. The van der Waals surface area contributed by atoms with E-state index in [0.717, 1.165) is 11.4 Å². The average molecular weight is 201 g/mol. The molecule has 2 rings (SSSR count). The van der Waals surface area contributed by atoms with Crippen LogP contribution in [0.1, 0.15) is 5.69 Å². The van der Waals surface area contributed by atoms with Gasteiger partial charge >= 0.3 is 5.69 Å². The van der Waals surface area contributed by atoms with E-state index in [2.05, 4.69) is 15.3 Å². The summed E-state index contributed by atoms with van der Waals surface area (Å²) >= 11 is 0. The number of anilines is 2. The fraction of sp³-hybridized carbons (Fsp3) is 0.0909. The lowest BCUT2D eigenvalue weighted by Crippen LogP contribution is -2.13. The first kappa shape index (κ1) is 9.45. The SMILES string of the molecule is Cc1cc(Nc2ccccc2)nc(=O)[nH]1. The van der Waals surface area contributed by atoms with Crippen molar-refractivity contribution in [2.75, 3.05) is 5.32 Å². The number of nitrogens with zero attached hydrogens (tertiary/aromatic N) is 1. The Morgan fingerprint density at radius 3 is 2.67 bits per heavy atom. The second kappa shape index (κ2) is 3.96. The molecule has 0 aliphatic heterocycles. The number of hydrogen-bond acceptors (Lipinski definition) is 3. The smallest absolute Gasteiger partial charge is 0.340 e. The first-order valence-corrected chi connectivity index (χ1v) is 4.64. The van der Waals surface area contributed by atoms with Gasteiger partial charge in [-0.05, 0) is 19.1 Å². The number of aromatic amines is 1. The van der Waals surface area contributed by atoms with Crippen molar-refractivity contribution in [3.8, 4) is 0 Å². The monoisotopic (exact) mass is 201 g/mol. The molecule has 0 radical (unpaired) electrons. The highest BCUT2D eigenvalue weighted by molar-refractivity contribution is 5.55. The summed E-state index contributed by atoms with van der Waals surface area (Å²) in [4.78, 5) is 17.5. The Hall–Kier alpha value is -2.10. The van der Waals surface area contributed by atoms with E-state index in [1.807, 2.05) is 37.3 Å². The van der Waals surface area contributed by atoms with Gasteiger partial charge in [0.2, 0.25) is 0 Å². The average Bonchev–Trinajstić information content (AvgIpc) is 2.17. The van der Waals surface area contributed by atoms with Crippen LogP contribution in [-0.2, 0) is 0 Å². The molecule has 1 aromatic carbocycles. The third kappa shape index (κ3) is 2.43. The predicted molar refractivity (Wildman–Crippen MR) is 59.3 cm³/mol. The van der Waals surface area contributed by atoms with Crippen molar-refractivity contribution in [2.24, 2.45) is 0 Å². The minimum Gasteiger partial charge on any atom is -0.340 e. The van der Waals surface area contributed by atoms with Crippen LogP contribution in [0.5, 0.6) is 0 Å². The number of aromatic nitrogens is 2. The molecule has 4 heteroatoms. The fourth-order valence-electron chi connectivity index (χ4n) is 1.31. The van der Waals surface area contributed by atoms with Gasteiger partial charge in [-0.2, -0.15) is 4.98 Å². The molecule has 0 bridgehead atoms. The highest BCUT2D eigenvalue weighted by Gasteiger charge is 1.97. The summed E-state index contributed by atoms with van der Waals surface area (Å²) in [6, 6.07) is 11.4. The number of benzene rings is 1. The van der Waals surface area contributed by atoms with Crippen LogP contribution in [0.15, 0.2) is 41.2 Å². The van der Waals surface area contributed by atoms with Gasteiger partial charge in [0, 0.05) is 17.4 Å². The van der Waals surface area contributed by atoms with Crippen LogP contribution < -0.4 is 11.0 Å². The molecule has 76 valence electrons. The summed E-state index contributed by atoms with van der Waals surface area (Å²) in [7, 11) is 0. The molecule has 0 spiro atoms. The Bertz CT molecular complexity index is 505. The number of hydrogen-bond donors (Lipinski definition) is 2. The predicted octanol–water partition coefficient (Wildman–Crippen LogP) is 1.82. The number of aryl methyl sites for hydroxylation is 1. The molecule has 0 atom stereocenters. The molecule has 0 saturated carbocycles. The molecule has 0 unspecified atom stereocenters. The summed E-state index contributed by atoms with van der Waals surface area (Å²) in [6.45, 7) is 1.82. The van der Waals surface area contributed by atoms with E-state index in [9.17, 15) is 4.79 Å². The molecule has 4 nitrogen and oxygen atoms in total. The first-order valence-electron chi connectivity index (χ1n) is 4.64. The van der Waals surface area contributed by atoms with Gasteiger partial charge in [-0.15, -0.1) is 0 Å². The van der Waals surface area contributed by atoms with Crippen LogP contribution in [-0.4, -0.2) is 9.97 Å². The summed E-state index contributed by atoms with van der Waals surface area (Å²) in [5, 5.41) is 3.05. The molecule has 1 heterocycles. The van der Waals surface area contributed by atoms with Gasteiger partial charge in [-0.1, -0.05) is 18.2 Å². The Morgan fingerprint density at radius 1 is 1.27 bits per heavy atom. The van der Waals surface area contributed by atoms with Crippen LogP contribution in [0.2, 0.25) is 0 Å². The maximum atomic E-state index is 11.1. The molecule has 15 heavy (non-hydrogen) atoms. The lowest BCUT2D eigenvalue weighted by Gasteiger charge is -2.04. The topological polar surface area (TPSA) is 57.8 Å². The number of rotatable bonds is 2. The van der Waals surface area contributed by atoms with E-state index >= 15 is 0 Å². The molecule has 0 aliphatic carbocycles. The summed E-state index contributed by atoms with van der Waals surface area (Å²) < 4.78 is 0. The van der Waals surface area contributed by atoms with Crippen molar-refractivity contribution >= 4 is 11.5 Å². The summed E-state index contributed by atoms with van der Waals surface area (Å²) in [5.74, 6) is 0.558. The number of nitrogens with one attached hydrogen (secondary N) is 2. The third-order valence-corrected chi connectivity index (χ3v) is 1.93. The maximum Gasteiger partial charge on any atom is 0.347 e. The van der Waals surface area contributed by atoms with Crippen molar-refractivity contribution in [1.82, 2.24) is 9.97 Å². The highest BCUT2D eigenvalue weighted by Crippen LogP contribution is 2.12. The standard InChI is InChI=1S/C11H11N3O/c1-8-7-10(14-11(15)12-8)13-9-5-3-2-4-6-9/h2-7H,1H3,(H2,12,13,14,15). The summed E-state index contributed by atoms with van der Waals surface area (Å²) in [5.41, 5.74) is 1.36. The van der Waals surface area contributed by atoms with E-state index in [1.54, 1.807) is 6.07 Å². The van der Waals surface area contributed by atoms with Crippen LogP contribution >= 0.6 is 0 Å². The molecule has 0 amide bonds. The minimum absolute atomic E-state index is 0.339. The summed E-state index contributed by atoms with van der Waals surface area (Å²) in [6.07, 6.45) is 0. The quantitative estimate of drug-likeness (QED) is 0.779. The largest absolute Gasteiger partial charge is 0.347 e. The van der Waals surface area contributed by atoms with E-state index in [-0.39, 0.29) is 5.69 Å². The van der Waals surface area contributed by atoms with Gasteiger partial charge in [0.05, 0.1) is 0 Å². The van der Waals surface area contributed by atoms with Gasteiger partial charge in [0.25, 0.3) is 0 Å². The first-order chi connectivity index (χ1) is 7.24. The molecule has 2 aromatic rings. The number of para-hydroxylation sites is 1. The molecular weight excluding hydrogens is 190 g/mol. The molecule has 1 aromatic heterocycles. The number of H-pyrrole nitrogens is 1. The van der Waals surface area contributed by atoms with Crippen LogP contribution in [0.4, 0.5) is 11.5 Å². The Morgan fingerprint density at radius 2 is 2.00 bits per heavy atom. The van der Waals surface area contributed by atoms with Gasteiger partial charge in [0.15, 0.2) is 0 Å². The van der Waals surface area contributed by atoms with Gasteiger partial charge < -0.3 is 10.3 Å². The second-order valence-electron chi connectivity index (χ2n) is 3.25. The lowest BCUT2D eigenvalue weighted by molar-refractivity contribution is 1.03. The Balaban J connectivity index is 2.29. The Kier molecular flexibility index (Phi) is 2.49. The van der Waals surface area contributed by atoms with Crippen molar-refractivity contribution in [2.45, 2.75) is 6.92 Å². The van der Waals surface area contributed by atoms with Crippen molar-refractivity contribution < 1.29 is 0 Å². The van der Waals surface area contributed by atoms with E-state index in [4.69, 9.17) is 0 Å². The van der Waals surface area contributed by atoms with Crippen molar-refractivity contribution in [3.63, 3.8) is 0 Å². The van der Waals surface area contributed by atoms with E-state index < -0.39 is 0 Å². The van der Waals surface area contributed by atoms with Gasteiger partial charge in [-0.3, -0.25) is 0 Å². The molecule has 0 saturated heterocycles. The van der Waals surface area contributed by atoms with E-state index in [0.29, 0.717) is 5.82 Å². The second-order valence-corrected chi connectivity index (χ2v) is 3.25. The van der Waals surface area contributed by atoms with Crippen molar-refractivity contribution in [3.05, 3.63) is 52.6 Å². The lowest BCUT2D eigenvalue weighted by atomic mass is 10.3. The zero-order valence-electron chi connectivity index (χ0n) is 8.32. The molecule has 0 aliphatic rings.